The van der Waals surface area contributed by atoms with Gasteiger partial charge in [0.25, 0.3) is 0 Å². The maximum Gasteiger partial charge on any atom is 0.188 e. The molecule has 0 saturated carbocycles. The molecule has 90 valence electrons. The fourth-order valence-electron chi connectivity index (χ4n) is 1.42. The third-order valence-electron chi connectivity index (χ3n) is 2.17. The second-order valence-corrected chi connectivity index (χ2v) is 3.45. The molecule has 0 bridgehead atoms. The molecule has 0 spiro atoms. The zero-order chi connectivity index (χ0) is 12.1. The second kappa shape index (κ2) is 5.40. The molecule has 1 heterocycles. The molecule has 0 aliphatic heterocycles. The van der Waals surface area contributed by atoms with Crippen molar-refractivity contribution in [2.75, 3.05) is 13.7 Å². The number of ether oxygens (including phenoxy) is 1. The lowest BCUT2D eigenvalue weighted by Gasteiger charge is -2.03. The topological polar surface area (TPSA) is 64.9 Å². The van der Waals surface area contributed by atoms with Gasteiger partial charge in [0.05, 0.1) is 18.8 Å². The predicted octanol–water partition coefficient (Wildman–Crippen LogP) is 0.780. The first-order valence-corrected chi connectivity index (χ1v) is 5.50. The van der Waals surface area contributed by atoms with E-state index in [0.717, 1.165) is 11.4 Å². The predicted molar refractivity (Wildman–Crippen MR) is 63.1 cm³/mol. The van der Waals surface area contributed by atoms with E-state index in [9.17, 15) is 0 Å². The summed E-state index contributed by atoms with van der Waals surface area (Å²) in [5, 5.41) is 15.1. The lowest BCUT2D eigenvalue weighted by Crippen LogP contribution is -2.07. The average molecular weight is 233 g/mol. The molecular weight excluding hydrogens is 218 g/mol. The molecule has 0 atom stereocenters. The van der Waals surface area contributed by atoms with E-state index in [-0.39, 0.29) is 0 Å². The van der Waals surface area contributed by atoms with Crippen LogP contribution in [0.25, 0.3) is 5.69 Å². The Balaban J connectivity index is 2.15. The SMILES string of the molecule is CCOc1ccc(-n2nnc(CNC)n2)cc1. The van der Waals surface area contributed by atoms with Crippen molar-refractivity contribution in [3.05, 3.63) is 30.1 Å². The molecule has 17 heavy (non-hydrogen) atoms. The van der Waals surface area contributed by atoms with Crippen LogP contribution in [0.3, 0.4) is 0 Å². The summed E-state index contributed by atoms with van der Waals surface area (Å²) in [6.07, 6.45) is 0. The van der Waals surface area contributed by atoms with Crippen molar-refractivity contribution < 1.29 is 4.74 Å². The van der Waals surface area contributed by atoms with Gasteiger partial charge in [0.15, 0.2) is 5.82 Å². The number of hydrogen-bond acceptors (Lipinski definition) is 5. The highest BCUT2D eigenvalue weighted by molar-refractivity contribution is 5.35. The fraction of sp³-hybridized carbons (Fsp3) is 0.364. The van der Waals surface area contributed by atoms with Crippen LogP contribution < -0.4 is 10.1 Å². The second-order valence-electron chi connectivity index (χ2n) is 3.45. The van der Waals surface area contributed by atoms with Crippen molar-refractivity contribution in [3.63, 3.8) is 0 Å². The van der Waals surface area contributed by atoms with Gasteiger partial charge in [0, 0.05) is 0 Å². The maximum absolute atomic E-state index is 5.36. The van der Waals surface area contributed by atoms with Crippen LogP contribution in [0.1, 0.15) is 12.7 Å². The molecule has 0 radical (unpaired) electrons. The molecular formula is C11H15N5O. The fourth-order valence-corrected chi connectivity index (χ4v) is 1.42. The Morgan fingerprint density at radius 1 is 1.29 bits per heavy atom. The number of tetrazole rings is 1. The molecule has 6 nitrogen and oxygen atoms in total. The van der Waals surface area contributed by atoms with E-state index in [2.05, 4.69) is 20.7 Å². The van der Waals surface area contributed by atoms with Gasteiger partial charge in [0.1, 0.15) is 5.75 Å². The van der Waals surface area contributed by atoms with E-state index in [4.69, 9.17) is 4.74 Å². The first-order valence-electron chi connectivity index (χ1n) is 5.50. The Morgan fingerprint density at radius 2 is 2.06 bits per heavy atom. The maximum atomic E-state index is 5.36. The van der Waals surface area contributed by atoms with Gasteiger partial charge < -0.3 is 10.1 Å². The standard InChI is InChI=1S/C11H15N5O/c1-3-17-10-6-4-9(5-7-10)16-14-11(8-12-2)13-15-16/h4-7,12H,3,8H2,1-2H3. The van der Waals surface area contributed by atoms with E-state index in [1.165, 1.54) is 4.80 Å². The summed E-state index contributed by atoms with van der Waals surface area (Å²) in [6, 6.07) is 7.57. The van der Waals surface area contributed by atoms with Crippen molar-refractivity contribution in [2.45, 2.75) is 13.5 Å². The molecule has 2 rings (SSSR count). The first kappa shape index (κ1) is 11.5. The van der Waals surface area contributed by atoms with Gasteiger partial charge >= 0.3 is 0 Å². The summed E-state index contributed by atoms with van der Waals surface area (Å²) in [7, 11) is 1.84. The van der Waals surface area contributed by atoms with Gasteiger partial charge in [-0.3, -0.25) is 0 Å². The smallest absolute Gasteiger partial charge is 0.188 e. The van der Waals surface area contributed by atoms with Crippen LogP contribution in [0.2, 0.25) is 0 Å². The third-order valence-corrected chi connectivity index (χ3v) is 2.17. The normalized spacial score (nSPS) is 10.5. The molecule has 0 unspecified atom stereocenters. The summed E-state index contributed by atoms with van der Waals surface area (Å²) in [5.74, 6) is 1.51. The molecule has 0 aliphatic rings. The van der Waals surface area contributed by atoms with Crippen LogP contribution >= 0.6 is 0 Å². The van der Waals surface area contributed by atoms with E-state index < -0.39 is 0 Å². The minimum absolute atomic E-state index is 0.608. The number of benzene rings is 1. The van der Waals surface area contributed by atoms with Crippen molar-refractivity contribution in [1.82, 2.24) is 25.5 Å². The Labute approximate surface area is 99.6 Å². The summed E-state index contributed by atoms with van der Waals surface area (Å²) < 4.78 is 5.36. The Kier molecular flexibility index (Phi) is 3.66. The number of nitrogens with one attached hydrogen (secondary N) is 1. The van der Waals surface area contributed by atoms with Gasteiger partial charge in [-0.25, -0.2) is 0 Å². The number of rotatable bonds is 5. The van der Waals surface area contributed by atoms with Crippen LogP contribution in [0, 0.1) is 0 Å². The lowest BCUT2D eigenvalue weighted by atomic mass is 10.3. The lowest BCUT2D eigenvalue weighted by molar-refractivity contribution is 0.340. The minimum Gasteiger partial charge on any atom is -0.494 e. The summed E-state index contributed by atoms with van der Waals surface area (Å²) in [6.45, 7) is 3.22. The van der Waals surface area contributed by atoms with Crippen molar-refractivity contribution in [3.8, 4) is 11.4 Å². The Morgan fingerprint density at radius 3 is 2.71 bits per heavy atom. The van der Waals surface area contributed by atoms with E-state index in [0.29, 0.717) is 19.0 Å². The summed E-state index contributed by atoms with van der Waals surface area (Å²) in [5.41, 5.74) is 0.864. The molecule has 0 aliphatic carbocycles. The summed E-state index contributed by atoms with van der Waals surface area (Å²) >= 11 is 0. The quantitative estimate of drug-likeness (QED) is 0.826. The molecule has 0 saturated heterocycles. The molecule has 1 aromatic heterocycles. The van der Waals surface area contributed by atoms with Crippen molar-refractivity contribution in [1.29, 1.82) is 0 Å². The summed E-state index contributed by atoms with van der Waals surface area (Å²) in [4.78, 5) is 1.50. The molecule has 6 heteroatoms. The zero-order valence-corrected chi connectivity index (χ0v) is 9.92. The Bertz CT molecular complexity index is 465. The Hall–Kier alpha value is -1.95. The van der Waals surface area contributed by atoms with Gasteiger partial charge in [-0.15, -0.1) is 15.0 Å². The van der Waals surface area contributed by atoms with Gasteiger partial charge in [0.2, 0.25) is 0 Å². The third kappa shape index (κ3) is 2.79. The van der Waals surface area contributed by atoms with Gasteiger partial charge in [-0.05, 0) is 43.5 Å². The van der Waals surface area contributed by atoms with E-state index >= 15 is 0 Å². The highest BCUT2D eigenvalue weighted by Crippen LogP contribution is 2.13. The molecule has 0 fully saturated rings. The number of hydrogen-bond donors (Lipinski definition) is 1. The van der Waals surface area contributed by atoms with Crippen LogP contribution in [0.15, 0.2) is 24.3 Å². The number of nitrogens with zero attached hydrogens (tertiary/aromatic N) is 4. The van der Waals surface area contributed by atoms with Gasteiger partial charge in [-0.2, -0.15) is 0 Å². The van der Waals surface area contributed by atoms with Crippen molar-refractivity contribution >= 4 is 0 Å². The van der Waals surface area contributed by atoms with E-state index in [1.54, 1.807) is 0 Å². The van der Waals surface area contributed by atoms with Gasteiger partial charge in [-0.1, -0.05) is 0 Å². The van der Waals surface area contributed by atoms with Crippen LogP contribution in [0.4, 0.5) is 0 Å². The van der Waals surface area contributed by atoms with Crippen LogP contribution in [-0.4, -0.2) is 33.9 Å². The average Bonchev–Trinajstić information content (AvgIpc) is 2.80. The highest BCUT2D eigenvalue weighted by atomic mass is 16.5. The monoisotopic (exact) mass is 233 g/mol. The molecule has 1 N–H and O–H groups in total. The highest BCUT2D eigenvalue weighted by Gasteiger charge is 2.03. The zero-order valence-electron chi connectivity index (χ0n) is 9.92. The minimum atomic E-state index is 0.608. The molecule has 1 aromatic carbocycles. The van der Waals surface area contributed by atoms with Crippen LogP contribution in [-0.2, 0) is 6.54 Å². The van der Waals surface area contributed by atoms with E-state index in [1.807, 2.05) is 38.2 Å². The van der Waals surface area contributed by atoms with Crippen LogP contribution in [0.5, 0.6) is 5.75 Å². The number of aromatic nitrogens is 4. The largest absolute Gasteiger partial charge is 0.494 e. The molecule has 2 aromatic rings. The first-order chi connectivity index (χ1) is 8.33. The van der Waals surface area contributed by atoms with Crippen molar-refractivity contribution in [2.24, 2.45) is 0 Å². The molecule has 0 amide bonds.